The predicted molar refractivity (Wildman–Crippen MR) is 106 cm³/mol. The lowest BCUT2D eigenvalue weighted by molar-refractivity contribution is 0.174. The smallest absolute Gasteiger partial charge is 0.231 e. The minimum absolute atomic E-state index is 0.284. The van der Waals surface area contributed by atoms with E-state index in [2.05, 4.69) is 37.3 Å². The zero-order valence-electron chi connectivity index (χ0n) is 15.6. The van der Waals surface area contributed by atoms with Crippen LogP contribution in [0.4, 0.5) is 0 Å². The molecule has 1 unspecified atom stereocenters. The first-order valence-electron chi connectivity index (χ1n) is 8.97. The fourth-order valence-corrected chi connectivity index (χ4v) is 3.43. The number of hydrogen-bond donors (Lipinski definition) is 1. The van der Waals surface area contributed by atoms with E-state index in [1.165, 1.54) is 5.56 Å². The molecular weight excluding hydrogens is 338 g/mol. The van der Waals surface area contributed by atoms with E-state index in [0.717, 1.165) is 40.4 Å². The summed E-state index contributed by atoms with van der Waals surface area (Å²) in [5, 5.41) is 0. The van der Waals surface area contributed by atoms with Gasteiger partial charge >= 0.3 is 0 Å². The highest BCUT2D eigenvalue weighted by atomic mass is 16.7. The molecule has 27 heavy (non-hydrogen) atoms. The predicted octanol–water partition coefficient (Wildman–Crippen LogP) is 4.51. The molecule has 0 aliphatic carbocycles. The molecule has 3 aromatic carbocycles. The molecule has 0 amide bonds. The summed E-state index contributed by atoms with van der Waals surface area (Å²) in [6.45, 7) is 2.34. The third kappa shape index (κ3) is 3.62. The van der Waals surface area contributed by atoms with Crippen LogP contribution in [0.15, 0.2) is 66.7 Å². The molecule has 0 spiro atoms. The van der Waals surface area contributed by atoms with Crippen LogP contribution in [0.25, 0.3) is 11.1 Å². The number of benzene rings is 3. The normalized spacial score (nSPS) is 14.6. The molecule has 0 saturated carbocycles. The maximum absolute atomic E-state index is 6.65. The van der Waals surface area contributed by atoms with Gasteiger partial charge in [-0.15, -0.1) is 0 Å². The summed E-state index contributed by atoms with van der Waals surface area (Å²) in [5.74, 6) is 2.42. The Bertz CT molecular complexity index is 948. The maximum Gasteiger partial charge on any atom is 0.231 e. The van der Waals surface area contributed by atoms with Crippen LogP contribution in [-0.2, 0) is 12.0 Å². The molecule has 0 aromatic heterocycles. The van der Waals surface area contributed by atoms with E-state index in [-0.39, 0.29) is 6.79 Å². The van der Waals surface area contributed by atoms with Gasteiger partial charge in [0.05, 0.1) is 7.11 Å². The van der Waals surface area contributed by atoms with Crippen LogP contribution in [0.3, 0.4) is 0 Å². The summed E-state index contributed by atoms with van der Waals surface area (Å²) >= 11 is 0. The summed E-state index contributed by atoms with van der Waals surface area (Å²) in [5.41, 5.74) is 10.7. The third-order valence-electron chi connectivity index (χ3n) is 4.95. The number of fused-ring (bicyclic) bond motifs is 1. The van der Waals surface area contributed by atoms with Crippen LogP contribution in [0.1, 0.15) is 18.1 Å². The molecule has 0 saturated heterocycles. The Balaban J connectivity index is 1.58. The van der Waals surface area contributed by atoms with Gasteiger partial charge in [0.2, 0.25) is 6.79 Å². The topological polar surface area (TPSA) is 53.7 Å². The minimum atomic E-state index is -0.472. The van der Waals surface area contributed by atoms with E-state index < -0.39 is 5.54 Å². The zero-order valence-corrected chi connectivity index (χ0v) is 15.6. The monoisotopic (exact) mass is 361 g/mol. The maximum atomic E-state index is 6.65. The van der Waals surface area contributed by atoms with Gasteiger partial charge in [-0.2, -0.15) is 0 Å². The first-order chi connectivity index (χ1) is 13.0. The van der Waals surface area contributed by atoms with Gasteiger partial charge in [0.1, 0.15) is 5.75 Å². The lowest BCUT2D eigenvalue weighted by Gasteiger charge is -2.26. The van der Waals surface area contributed by atoms with Crippen molar-refractivity contribution in [2.24, 2.45) is 5.73 Å². The van der Waals surface area contributed by atoms with Crippen LogP contribution in [0.2, 0.25) is 0 Å². The molecule has 0 fully saturated rings. The van der Waals surface area contributed by atoms with Crippen molar-refractivity contribution in [1.82, 2.24) is 0 Å². The average molecular weight is 361 g/mol. The van der Waals surface area contributed by atoms with Crippen LogP contribution in [0, 0.1) is 0 Å². The summed E-state index contributed by atoms with van der Waals surface area (Å²) in [7, 11) is 1.66. The van der Waals surface area contributed by atoms with Gasteiger partial charge in [0, 0.05) is 5.54 Å². The molecule has 1 heterocycles. The second-order valence-corrected chi connectivity index (χ2v) is 7.09. The first-order valence-corrected chi connectivity index (χ1v) is 8.97. The molecule has 0 bridgehead atoms. The molecular formula is C23H23NO3. The first kappa shape index (κ1) is 17.4. The summed E-state index contributed by atoms with van der Waals surface area (Å²) in [4.78, 5) is 0. The number of nitrogens with two attached hydrogens (primary N) is 1. The Labute approximate surface area is 159 Å². The van der Waals surface area contributed by atoms with Crippen molar-refractivity contribution in [2.45, 2.75) is 18.9 Å². The largest absolute Gasteiger partial charge is 0.497 e. The van der Waals surface area contributed by atoms with E-state index in [4.69, 9.17) is 19.9 Å². The molecule has 3 aromatic rings. The minimum Gasteiger partial charge on any atom is -0.497 e. The zero-order chi connectivity index (χ0) is 18.9. The average Bonchev–Trinajstić information content (AvgIpc) is 3.16. The lowest BCUT2D eigenvalue weighted by atomic mass is 9.86. The van der Waals surface area contributed by atoms with E-state index in [1.807, 2.05) is 36.4 Å². The van der Waals surface area contributed by atoms with Crippen molar-refractivity contribution in [1.29, 1.82) is 0 Å². The van der Waals surface area contributed by atoms with Crippen LogP contribution in [0.5, 0.6) is 17.2 Å². The number of rotatable bonds is 5. The third-order valence-corrected chi connectivity index (χ3v) is 4.95. The molecule has 1 aliphatic heterocycles. The molecule has 4 heteroatoms. The van der Waals surface area contributed by atoms with Gasteiger partial charge in [-0.25, -0.2) is 0 Å². The van der Waals surface area contributed by atoms with Crippen molar-refractivity contribution in [2.75, 3.05) is 13.9 Å². The van der Waals surface area contributed by atoms with E-state index in [9.17, 15) is 0 Å². The number of methoxy groups -OCH3 is 1. The van der Waals surface area contributed by atoms with E-state index in [0.29, 0.717) is 0 Å². The fourth-order valence-electron chi connectivity index (χ4n) is 3.43. The summed E-state index contributed by atoms with van der Waals surface area (Å²) in [6, 6.07) is 22.5. The van der Waals surface area contributed by atoms with Crippen molar-refractivity contribution in [3.63, 3.8) is 0 Å². The summed E-state index contributed by atoms with van der Waals surface area (Å²) in [6.07, 6.45) is 0.734. The Morgan fingerprint density at radius 2 is 1.67 bits per heavy atom. The standard InChI is InChI=1S/C23H23NO3/c1-23(24,19-7-9-20(25-2)10-8-19)14-16-4-3-5-17(12-16)18-6-11-21-22(13-18)27-15-26-21/h3-13H,14-15,24H2,1-2H3. The quantitative estimate of drug-likeness (QED) is 0.727. The Kier molecular flexibility index (Phi) is 4.50. The SMILES string of the molecule is COc1ccc(C(C)(N)Cc2cccc(-c3ccc4c(c3)OCO4)c2)cc1. The molecule has 4 nitrogen and oxygen atoms in total. The van der Waals surface area contributed by atoms with Crippen molar-refractivity contribution >= 4 is 0 Å². The van der Waals surface area contributed by atoms with Crippen LogP contribution >= 0.6 is 0 Å². The molecule has 1 atom stereocenters. The fraction of sp³-hybridized carbons (Fsp3) is 0.217. The van der Waals surface area contributed by atoms with Gasteiger partial charge in [-0.05, 0) is 59.9 Å². The second-order valence-electron chi connectivity index (χ2n) is 7.09. The van der Waals surface area contributed by atoms with Crippen LogP contribution < -0.4 is 19.9 Å². The molecule has 138 valence electrons. The van der Waals surface area contributed by atoms with Crippen LogP contribution in [-0.4, -0.2) is 13.9 Å². The molecule has 2 N–H and O–H groups in total. The van der Waals surface area contributed by atoms with Gasteiger partial charge in [-0.3, -0.25) is 0 Å². The van der Waals surface area contributed by atoms with Gasteiger partial charge in [-0.1, -0.05) is 42.5 Å². The van der Waals surface area contributed by atoms with Crippen molar-refractivity contribution < 1.29 is 14.2 Å². The van der Waals surface area contributed by atoms with Crippen molar-refractivity contribution in [3.8, 4) is 28.4 Å². The highest BCUT2D eigenvalue weighted by molar-refractivity contribution is 5.68. The highest BCUT2D eigenvalue weighted by Gasteiger charge is 2.22. The lowest BCUT2D eigenvalue weighted by Crippen LogP contribution is -2.35. The molecule has 4 rings (SSSR count). The number of ether oxygens (including phenoxy) is 3. The Hall–Kier alpha value is -2.98. The van der Waals surface area contributed by atoms with Gasteiger partial charge < -0.3 is 19.9 Å². The van der Waals surface area contributed by atoms with E-state index >= 15 is 0 Å². The number of hydrogen-bond acceptors (Lipinski definition) is 4. The van der Waals surface area contributed by atoms with Crippen molar-refractivity contribution in [3.05, 3.63) is 77.9 Å². The summed E-state index contributed by atoms with van der Waals surface area (Å²) < 4.78 is 16.1. The van der Waals surface area contributed by atoms with Gasteiger partial charge in [0.15, 0.2) is 11.5 Å². The Morgan fingerprint density at radius 3 is 2.44 bits per heavy atom. The Morgan fingerprint density at radius 1 is 0.926 bits per heavy atom. The highest BCUT2D eigenvalue weighted by Crippen LogP contribution is 2.36. The molecule has 1 aliphatic rings. The molecule has 0 radical (unpaired) electrons. The van der Waals surface area contributed by atoms with E-state index in [1.54, 1.807) is 7.11 Å². The second kappa shape index (κ2) is 6.97. The van der Waals surface area contributed by atoms with Gasteiger partial charge in [0.25, 0.3) is 0 Å².